The summed E-state index contributed by atoms with van der Waals surface area (Å²) in [6.07, 6.45) is 3.60. The molecule has 0 unspecified atom stereocenters. The molecule has 1 atom stereocenters. The topological polar surface area (TPSA) is 96.8 Å². The lowest BCUT2D eigenvalue weighted by Gasteiger charge is -2.16. The SMILES string of the molecule is CCn1cc2ncc(N[C@@H](C)c3cccc(NC(=O)c4ccc(NC(C)C)c(C)c4)c3)nc2n1. The molecule has 1 amide bonds. The summed E-state index contributed by atoms with van der Waals surface area (Å²) in [5, 5.41) is 14.2. The smallest absolute Gasteiger partial charge is 0.255 e. The van der Waals surface area contributed by atoms with Gasteiger partial charge in [-0.25, -0.2) is 9.97 Å². The van der Waals surface area contributed by atoms with Crippen LogP contribution in [-0.4, -0.2) is 31.7 Å². The van der Waals surface area contributed by atoms with Crippen molar-refractivity contribution in [3.8, 4) is 0 Å². The zero-order valence-electron chi connectivity index (χ0n) is 20.3. The van der Waals surface area contributed by atoms with Gasteiger partial charge in [0.25, 0.3) is 5.91 Å². The fraction of sp³-hybridized carbons (Fsp3) is 0.308. The van der Waals surface area contributed by atoms with Crippen molar-refractivity contribution >= 4 is 34.3 Å². The molecular weight excluding hydrogens is 426 g/mol. The number of carbonyl (C=O) groups is 1. The fourth-order valence-electron chi connectivity index (χ4n) is 3.75. The third-order valence-corrected chi connectivity index (χ3v) is 5.54. The summed E-state index contributed by atoms with van der Waals surface area (Å²) in [5.74, 6) is 0.515. The largest absolute Gasteiger partial charge is 0.383 e. The van der Waals surface area contributed by atoms with E-state index in [0.717, 1.165) is 34.6 Å². The number of fused-ring (bicyclic) bond motifs is 1. The highest BCUT2D eigenvalue weighted by molar-refractivity contribution is 6.04. The molecule has 34 heavy (non-hydrogen) atoms. The second-order valence-corrected chi connectivity index (χ2v) is 8.72. The van der Waals surface area contributed by atoms with Gasteiger partial charge in [0.1, 0.15) is 11.3 Å². The summed E-state index contributed by atoms with van der Waals surface area (Å²) < 4.78 is 1.82. The Morgan fingerprint density at radius 1 is 1.09 bits per heavy atom. The lowest BCUT2D eigenvalue weighted by molar-refractivity contribution is 0.102. The number of hydrogen-bond acceptors (Lipinski definition) is 6. The molecule has 0 aliphatic carbocycles. The van der Waals surface area contributed by atoms with Gasteiger partial charge in [-0.3, -0.25) is 9.48 Å². The standard InChI is InChI=1S/C26H31N7O/c1-6-33-15-23-25(32-33)31-24(14-27-23)29-18(5)19-8-7-9-21(13-19)30-26(34)20-10-11-22(17(4)12-20)28-16(2)3/h7-16,18,28H,6H2,1-5H3,(H,30,34)(H,29,31,32)/t18-/m0/s1. The number of nitrogens with zero attached hydrogens (tertiary/aromatic N) is 4. The predicted molar refractivity (Wildman–Crippen MR) is 137 cm³/mol. The molecule has 2 heterocycles. The van der Waals surface area contributed by atoms with Crippen molar-refractivity contribution in [1.82, 2.24) is 19.7 Å². The molecule has 0 spiro atoms. The minimum absolute atomic E-state index is 0.0412. The number of hydrogen-bond donors (Lipinski definition) is 3. The number of amides is 1. The number of benzene rings is 2. The number of aryl methyl sites for hydroxylation is 2. The van der Waals surface area contributed by atoms with Gasteiger partial charge in [-0.05, 0) is 76.1 Å². The quantitative estimate of drug-likeness (QED) is 0.328. The maximum Gasteiger partial charge on any atom is 0.255 e. The van der Waals surface area contributed by atoms with Gasteiger partial charge in [0.2, 0.25) is 5.65 Å². The molecule has 0 saturated heterocycles. The molecule has 0 aliphatic rings. The highest BCUT2D eigenvalue weighted by Crippen LogP contribution is 2.23. The summed E-state index contributed by atoms with van der Waals surface area (Å²) in [6, 6.07) is 13.8. The first-order valence-corrected chi connectivity index (χ1v) is 11.6. The Morgan fingerprint density at radius 3 is 2.65 bits per heavy atom. The minimum Gasteiger partial charge on any atom is -0.383 e. The van der Waals surface area contributed by atoms with Crippen LogP contribution in [0.4, 0.5) is 17.2 Å². The van der Waals surface area contributed by atoms with Crippen LogP contribution in [0.15, 0.2) is 54.9 Å². The molecular formula is C26H31N7O. The Labute approximate surface area is 199 Å². The lowest BCUT2D eigenvalue weighted by atomic mass is 10.1. The van der Waals surface area contributed by atoms with E-state index in [2.05, 4.69) is 44.9 Å². The fourth-order valence-corrected chi connectivity index (χ4v) is 3.75. The Bertz CT molecular complexity index is 1310. The van der Waals surface area contributed by atoms with E-state index < -0.39 is 0 Å². The Hall–Kier alpha value is -3.94. The molecule has 176 valence electrons. The van der Waals surface area contributed by atoms with Crippen LogP contribution in [-0.2, 0) is 6.54 Å². The zero-order valence-corrected chi connectivity index (χ0v) is 20.3. The molecule has 8 nitrogen and oxygen atoms in total. The molecule has 2 aromatic heterocycles. The van der Waals surface area contributed by atoms with Gasteiger partial charge in [-0.15, -0.1) is 0 Å². The number of carbonyl (C=O) groups excluding carboxylic acids is 1. The van der Waals surface area contributed by atoms with Crippen molar-refractivity contribution in [3.63, 3.8) is 0 Å². The van der Waals surface area contributed by atoms with Crippen molar-refractivity contribution in [3.05, 3.63) is 71.5 Å². The molecule has 8 heteroatoms. The van der Waals surface area contributed by atoms with Crippen molar-refractivity contribution in [2.24, 2.45) is 0 Å². The van der Waals surface area contributed by atoms with Crippen LogP contribution in [0.2, 0.25) is 0 Å². The Kier molecular flexibility index (Phi) is 6.77. The van der Waals surface area contributed by atoms with Crippen LogP contribution in [0.1, 0.15) is 55.2 Å². The van der Waals surface area contributed by atoms with Gasteiger partial charge >= 0.3 is 0 Å². The molecule has 0 fully saturated rings. The highest BCUT2D eigenvalue weighted by atomic mass is 16.1. The molecule has 0 aliphatic heterocycles. The number of anilines is 3. The molecule has 0 radical (unpaired) electrons. The first kappa shape index (κ1) is 23.2. The molecule has 4 aromatic rings. The monoisotopic (exact) mass is 457 g/mol. The summed E-state index contributed by atoms with van der Waals surface area (Å²) in [7, 11) is 0. The van der Waals surface area contributed by atoms with Crippen LogP contribution in [0, 0.1) is 6.92 Å². The third kappa shape index (κ3) is 5.33. The van der Waals surface area contributed by atoms with E-state index in [1.807, 2.05) is 74.1 Å². The van der Waals surface area contributed by atoms with E-state index >= 15 is 0 Å². The van der Waals surface area contributed by atoms with E-state index in [0.29, 0.717) is 23.1 Å². The third-order valence-electron chi connectivity index (χ3n) is 5.54. The van der Waals surface area contributed by atoms with Gasteiger partial charge in [-0.2, -0.15) is 5.10 Å². The highest BCUT2D eigenvalue weighted by Gasteiger charge is 2.12. The summed E-state index contributed by atoms with van der Waals surface area (Å²) >= 11 is 0. The van der Waals surface area contributed by atoms with Crippen molar-refractivity contribution in [2.45, 2.75) is 53.2 Å². The normalized spacial score (nSPS) is 12.1. The molecule has 2 aromatic carbocycles. The van der Waals surface area contributed by atoms with Gasteiger partial charge in [0.15, 0.2) is 0 Å². The molecule has 3 N–H and O–H groups in total. The van der Waals surface area contributed by atoms with Crippen LogP contribution in [0.5, 0.6) is 0 Å². The second kappa shape index (κ2) is 9.91. The molecule has 0 saturated carbocycles. The summed E-state index contributed by atoms with van der Waals surface area (Å²) in [6.45, 7) is 11.0. The van der Waals surface area contributed by atoms with E-state index in [-0.39, 0.29) is 11.9 Å². The second-order valence-electron chi connectivity index (χ2n) is 8.72. The van der Waals surface area contributed by atoms with E-state index in [1.165, 1.54) is 0 Å². The first-order valence-electron chi connectivity index (χ1n) is 11.6. The average molecular weight is 458 g/mol. The number of nitrogens with one attached hydrogen (secondary N) is 3. The maximum atomic E-state index is 12.8. The molecule has 0 bridgehead atoms. The van der Waals surface area contributed by atoms with Crippen molar-refractivity contribution < 1.29 is 4.79 Å². The summed E-state index contributed by atoms with van der Waals surface area (Å²) in [5.41, 5.74) is 5.84. The predicted octanol–water partition coefficient (Wildman–Crippen LogP) is 5.40. The molecule has 4 rings (SSSR count). The van der Waals surface area contributed by atoms with E-state index in [9.17, 15) is 4.79 Å². The summed E-state index contributed by atoms with van der Waals surface area (Å²) in [4.78, 5) is 21.9. The van der Waals surface area contributed by atoms with Gasteiger partial charge < -0.3 is 16.0 Å². The maximum absolute atomic E-state index is 12.8. The number of aromatic nitrogens is 4. The van der Waals surface area contributed by atoms with Crippen molar-refractivity contribution in [1.29, 1.82) is 0 Å². The zero-order chi connectivity index (χ0) is 24.2. The Balaban J connectivity index is 1.45. The lowest BCUT2D eigenvalue weighted by Crippen LogP contribution is -2.14. The van der Waals surface area contributed by atoms with E-state index in [4.69, 9.17) is 0 Å². The average Bonchev–Trinajstić information content (AvgIpc) is 3.23. The number of rotatable bonds is 8. The van der Waals surface area contributed by atoms with Gasteiger partial charge in [0.05, 0.1) is 18.4 Å². The van der Waals surface area contributed by atoms with Gasteiger partial charge in [0, 0.05) is 29.5 Å². The minimum atomic E-state index is -0.139. The van der Waals surface area contributed by atoms with Gasteiger partial charge in [-0.1, -0.05) is 12.1 Å². The first-order chi connectivity index (χ1) is 16.3. The van der Waals surface area contributed by atoms with E-state index in [1.54, 1.807) is 6.20 Å². The van der Waals surface area contributed by atoms with Crippen molar-refractivity contribution in [2.75, 3.05) is 16.0 Å². The van der Waals surface area contributed by atoms with Crippen LogP contribution in [0.3, 0.4) is 0 Å². The van der Waals surface area contributed by atoms with Crippen LogP contribution < -0.4 is 16.0 Å². The van der Waals surface area contributed by atoms with Crippen LogP contribution in [0.25, 0.3) is 11.2 Å². The van der Waals surface area contributed by atoms with Crippen LogP contribution >= 0.6 is 0 Å². The Morgan fingerprint density at radius 2 is 1.91 bits per heavy atom.